The number of fused-ring (bicyclic) bond motifs is 1. The third-order valence-corrected chi connectivity index (χ3v) is 3.65. The highest BCUT2D eigenvalue weighted by Gasteiger charge is 2.04. The fourth-order valence-corrected chi connectivity index (χ4v) is 2.57. The Kier molecular flexibility index (Phi) is 2.64. The molecule has 3 rings (SSSR count). The highest BCUT2D eigenvalue weighted by molar-refractivity contribution is 7.11. The summed E-state index contributed by atoms with van der Waals surface area (Å²) in [5.41, 5.74) is 8.62. The topological polar surface area (TPSA) is 79.6 Å². The van der Waals surface area contributed by atoms with Crippen molar-refractivity contribution in [2.45, 2.75) is 13.5 Å². The van der Waals surface area contributed by atoms with Crippen LogP contribution in [-0.2, 0) is 6.54 Å². The van der Waals surface area contributed by atoms with Crippen molar-refractivity contribution < 1.29 is 0 Å². The fourth-order valence-electron chi connectivity index (χ4n) is 1.83. The zero-order valence-corrected chi connectivity index (χ0v) is 10.7. The largest absolute Gasteiger partial charge is 0.397 e. The van der Waals surface area contributed by atoms with Crippen LogP contribution >= 0.6 is 11.3 Å². The van der Waals surface area contributed by atoms with E-state index in [0.717, 1.165) is 33.8 Å². The molecule has 5 nitrogen and oxygen atoms in total. The first-order valence-electron chi connectivity index (χ1n) is 5.60. The Morgan fingerprint density at radius 2 is 2.28 bits per heavy atom. The zero-order chi connectivity index (χ0) is 12.5. The minimum Gasteiger partial charge on any atom is -0.397 e. The standard InChI is InChI=1S/C12H13N5S/c1-7-14-5-9(18-7)6-15-12-3-11-8(2-10(12)13)4-16-17-11/h2-5,15H,6,13H2,1H3,(H,16,17). The Bertz CT molecular complexity index is 685. The lowest BCUT2D eigenvalue weighted by Crippen LogP contribution is -2.01. The van der Waals surface area contributed by atoms with Gasteiger partial charge in [0.1, 0.15) is 0 Å². The lowest BCUT2D eigenvalue weighted by Gasteiger charge is -2.08. The number of H-pyrrole nitrogens is 1. The molecule has 1 aromatic carbocycles. The molecule has 18 heavy (non-hydrogen) atoms. The number of nitrogens with two attached hydrogens (primary N) is 1. The molecule has 0 unspecified atom stereocenters. The molecular weight excluding hydrogens is 246 g/mol. The van der Waals surface area contributed by atoms with E-state index in [1.807, 2.05) is 25.3 Å². The summed E-state index contributed by atoms with van der Waals surface area (Å²) in [6.45, 7) is 2.73. The Morgan fingerprint density at radius 3 is 3.06 bits per heavy atom. The van der Waals surface area contributed by atoms with Crippen LogP contribution in [0.15, 0.2) is 24.5 Å². The van der Waals surface area contributed by atoms with Crippen LogP contribution < -0.4 is 11.1 Å². The molecule has 0 bridgehead atoms. The van der Waals surface area contributed by atoms with Gasteiger partial charge in [0.25, 0.3) is 0 Å². The van der Waals surface area contributed by atoms with Crippen molar-refractivity contribution in [1.29, 1.82) is 0 Å². The van der Waals surface area contributed by atoms with Gasteiger partial charge in [0.15, 0.2) is 0 Å². The van der Waals surface area contributed by atoms with Gasteiger partial charge in [0, 0.05) is 16.5 Å². The van der Waals surface area contributed by atoms with E-state index in [1.165, 1.54) is 4.88 Å². The number of anilines is 2. The number of aryl methyl sites for hydroxylation is 1. The molecule has 0 amide bonds. The van der Waals surface area contributed by atoms with Gasteiger partial charge < -0.3 is 11.1 Å². The quantitative estimate of drug-likeness (QED) is 0.631. The second-order valence-corrected chi connectivity index (χ2v) is 5.42. The van der Waals surface area contributed by atoms with Gasteiger partial charge in [-0.3, -0.25) is 5.10 Å². The molecule has 3 aromatic rings. The summed E-state index contributed by atoms with van der Waals surface area (Å²) in [7, 11) is 0. The molecule has 0 fully saturated rings. The Morgan fingerprint density at radius 1 is 1.39 bits per heavy atom. The number of nitrogens with one attached hydrogen (secondary N) is 2. The lowest BCUT2D eigenvalue weighted by atomic mass is 10.2. The van der Waals surface area contributed by atoms with E-state index >= 15 is 0 Å². The minimum absolute atomic E-state index is 0.727. The molecule has 2 aromatic heterocycles. The van der Waals surface area contributed by atoms with Crippen LogP contribution in [0.2, 0.25) is 0 Å². The number of nitrogen functional groups attached to an aromatic ring is 1. The van der Waals surface area contributed by atoms with Crippen LogP contribution in [0.25, 0.3) is 10.9 Å². The van der Waals surface area contributed by atoms with Crippen LogP contribution in [-0.4, -0.2) is 15.2 Å². The minimum atomic E-state index is 0.727. The normalized spacial score (nSPS) is 10.9. The van der Waals surface area contributed by atoms with Crippen molar-refractivity contribution in [2.24, 2.45) is 0 Å². The molecular formula is C12H13N5S. The number of aromatic nitrogens is 3. The SMILES string of the molecule is Cc1ncc(CNc2cc3[nH]ncc3cc2N)s1. The van der Waals surface area contributed by atoms with E-state index in [-0.39, 0.29) is 0 Å². The average Bonchev–Trinajstić information content (AvgIpc) is 2.94. The fraction of sp³-hybridized carbons (Fsp3) is 0.167. The molecule has 0 aliphatic heterocycles. The number of rotatable bonds is 3. The van der Waals surface area contributed by atoms with Crippen LogP contribution in [0.4, 0.5) is 11.4 Å². The first-order chi connectivity index (χ1) is 8.72. The predicted molar refractivity (Wildman–Crippen MR) is 74.7 cm³/mol. The summed E-state index contributed by atoms with van der Waals surface area (Å²) in [4.78, 5) is 5.42. The Balaban J connectivity index is 1.83. The Hall–Kier alpha value is -2.08. The maximum atomic E-state index is 6.00. The third-order valence-electron chi connectivity index (χ3n) is 2.73. The van der Waals surface area contributed by atoms with Gasteiger partial charge in [-0.25, -0.2) is 4.98 Å². The summed E-state index contributed by atoms with van der Waals surface area (Å²) in [5.74, 6) is 0. The van der Waals surface area contributed by atoms with Crippen molar-refractivity contribution in [1.82, 2.24) is 15.2 Å². The molecule has 0 saturated heterocycles. The van der Waals surface area contributed by atoms with Crippen LogP contribution in [0.5, 0.6) is 0 Å². The molecule has 0 aliphatic rings. The number of hydrogen-bond donors (Lipinski definition) is 3. The van der Waals surface area contributed by atoms with Gasteiger partial charge in [0.05, 0.1) is 34.6 Å². The molecule has 6 heteroatoms. The molecule has 2 heterocycles. The monoisotopic (exact) mass is 259 g/mol. The van der Waals surface area contributed by atoms with Gasteiger partial charge in [-0.05, 0) is 19.1 Å². The highest BCUT2D eigenvalue weighted by atomic mass is 32.1. The third kappa shape index (κ3) is 2.02. The van der Waals surface area contributed by atoms with E-state index in [1.54, 1.807) is 17.5 Å². The first-order valence-corrected chi connectivity index (χ1v) is 6.42. The molecule has 0 atom stereocenters. The molecule has 0 spiro atoms. The average molecular weight is 259 g/mol. The second-order valence-electron chi connectivity index (χ2n) is 4.10. The van der Waals surface area contributed by atoms with Crippen molar-refractivity contribution in [3.63, 3.8) is 0 Å². The highest BCUT2D eigenvalue weighted by Crippen LogP contribution is 2.25. The van der Waals surface area contributed by atoms with E-state index in [4.69, 9.17) is 5.73 Å². The number of nitrogens with zero attached hydrogens (tertiary/aromatic N) is 2. The smallest absolute Gasteiger partial charge is 0.0897 e. The van der Waals surface area contributed by atoms with E-state index in [0.29, 0.717) is 0 Å². The van der Waals surface area contributed by atoms with Crippen molar-refractivity contribution in [3.8, 4) is 0 Å². The van der Waals surface area contributed by atoms with E-state index < -0.39 is 0 Å². The summed E-state index contributed by atoms with van der Waals surface area (Å²) in [6.07, 6.45) is 3.65. The maximum Gasteiger partial charge on any atom is 0.0897 e. The zero-order valence-electron chi connectivity index (χ0n) is 9.90. The van der Waals surface area contributed by atoms with Crippen molar-refractivity contribution in [2.75, 3.05) is 11.1 Å². The predicted octanol–water partition coefficient (Wildman–Crippen LogP) is 2.52. The first kappa shape index (κ1) is 11.0. The molecule has 0 aliphatic carbocycles. The molecule has 92 valence electrons. The molecule has 0 radical (unpaired) electrons. The number of hydrogen-bond acceptors (Lipinski definition) is 5. The van der Waals surface area contributed by atoms with Gasteiger partial charge in [-0.15, -0.1) is 11.3 Å². The van der Waals surface area contributed by atoms with Crippen LogP contribution in [0, 0.1) is 6.92 Å². The molecule has 4 N–H and O–H groups in total. The second kappa shape index (κ2) is 4.30. The maximum absolute atomic E-state index is 6.00. The van der Waals surface area contributed by atoms with Crippen molar-refractivity contribution in [3.05, 3.63) is 34.4 Å². The van der Waals surface area contributed by atoms with Gasteiger partial charge in [-0.2, -0.15) is 5.10 Å². The van der Waals surface area contributed by atoms with Gasteiger partial charge in [-0.1, -0.05) is 0 Å². The van der Waals surface area contributed by atoms with Crippen LogP contribution in [0.1, 0.15) is 9.88 Å². The lowest BCUT2D eigenvalue weighted by molar-refractivity contribution is 1.12. The van der Waals surface area contributed by atoms with Crippen molar-refractivity contribution >= 4 is 33.6 Å². The van der Waals surface area contributed by atoms with E-state index in [2.05, 4.69) is 20.5 Å². The summed E-state index contributed by atoms with van der Waals surface area (Å²) in [6, 6.07) is 3.89. The summed E-state index contributed by atoms with van der Waals surface area (Å²) in [5, 5.41) is 12.3. The van der Waals surface area contributed by atoms with Crippen LogP contribution in [0.3, 0.4) is 0 Å². The number of aromatic amines is 1. The van der Waals surface area contributed by atoms with E-state index in [9.17, 15) is 0 Å². The number of thiazole rings is 1. The molecule has 0 saturated carbocycles. The van der Waals surface area contributed by atoms with Gasteiger partial charge >= 0.3 is 0 Å². The summed E-state index contributed by atoms with van der Waals surface area (Å²) >= 11 is 1.68. The summed E-state index contributed by atoms with van der Waals surface area (Å²) < 4.78 is 0. The Labute approximate surface area is 108 Å². The van der Waals surface area contributed by atoms with Gasteiger partial charge in [0.2, 0.25) is 0 Å². The number of benzene rings is 1.